The van der Waals surface area contributed by atoms with Gasteiger partial charge in [-0.2, -0.15) is 0 Å². The van der Waals surface area contributed by atoms with Gasteiger partial charge in [0, 0.05) is 43.5 Å². The molecule has 0 bridgehead atoms. The molecular weight excluding hydrogens is 382 g/mol. The first-order valence-corrected chi connectivity index (χ1v) is 10.0. The lowest BCUT2D eigenvalue weighted by molar-refractivity contribution is -0.125. The Balaban J connectivity index is 1.46. The van der Waals surface area contributed by atoms with Crippen molar-refractivity contribution in [2.45, 2.75) is 19.4 Å². The molecule has 0 unspecified atom stereocenters. The Hall–Kier alpha value is -3.39. The highest BCUT2D eigenvalue weighted by atomic mass is 16.5. The quantitative estimate of drug-likeness (QED) is 0.581. The van der Waals surface area contributed by atoms with Crippen molar-refractivity contribution in [1.82, 2.24) is 15.3 Å². The third kappa shape index (κ3) is 4.60. The number of hydrogen-bond donors (Lipinski definition) is 3. The highest BCUT2D eigenvalue weighted by Crippen LogP contribution is 2.20. The molecule has 8 heteroatoms. The summed E-state index contributed by atoms with van der Waals surface area (Å²) >= 11 is 0. The maximum absolute atomic E-state index is 12.9. The predicted molar refractivity (Wildman–Crippen MR) is 116 cm³/mol. The van der Waals surface area contributed by atoms with E-state index < -0.39 is 6.04 Å². The minimum Gasteiger partial charge on any atom is -0.378 e. The molecule has 3 heterocycles. The van der Waals surface area contributed by atoms with Crippen LogP contribution in [0.25, 0.3) is 10.9 Å². The molecule has 1 fully saturated rings. The van der Waals surface area contributed by atoms with Crippen molar-refractivity contribution >= 4 is 34.2 Å². The summed E-state index contributed by atoms with van der Waals surface area (Å²) in [5.41, 5.74) is 2.56. The molecule has 1 aliphatic heterocycles. The van der Waals surface area contributed by atoms with Crippen molar-refractivity contribution in [3.8, 4) is 0 Å². The number of pyridine rings is 1. The number of rotatable bonds is 6. The van der Waals surface area contributed by atoms with Crippen LogP contribution >= 0.6 is 0 Å². The number of hydrogen-bond acceptors (Lipinski definition) is 5. The number of fused-ring (bicyclic) bond motifs is 1. The number of carbonyl (C=O) groups excluding carboxylic acids is 2. The molecular formula is C22H25N5O3. The lowest BCUT2D eigenvalue weighted by atomic mass is 10.0. The fraction of sp³-hybridized carbons (Fsp3) is 0.318. The van der Waals surface area contributed by atoms with Gasteiger partial charge in [-0.05, 0) is 23.8 Å². The molecule has 3 N–H and O–H groups in total. The van der Waals surface area contributed by atoms with E-state index in [1.54, 1.807) is 6.20 Å². The van der Waals surface area contributed by atoms with Gasteiger partial charge >= 0.3 is 0 Å². The third-order valence-corrected chi connectivity index (χ3v) is 5.14. The second-order valence-corrected chi connectivity index (χ2v) is 7.31. The van der Waals surface area contributed by atoms with Gasteiger partial charge < -0.3 is 25.3 Å². The van der Waals surface area contributed by atoms with Crippen molar-refractivity contribution in [2.75, 3.05) is 36.5 Å². The van der Waals surface area contributed by atoms with Crippen LogP contribution in [0.1, 0.15) is 12.5 Å². The van der Waals surface area contributed by atoms with Crippen LogP contribution in [0.3, 0.4) is 0 Å². The Morgan fingerprint density at radius 3 is 2.73 bits per heavy atom. The highest BCUT2D eigenvalue weighted by Gasteiger charge is 2.22. The lowest BCUT2D eigenvalue weighted by Gasteiger charge is -2.27. The largest absolute Gasteiger partial charge is 0.378 e. The van der Waals surface area contributed by atoms with Gasteiger partial charge in [0.15, 0.2) is 0 Å². The summed E-state index contributed by atoms with van der Waals surface area (Å²) < 4.78 is 5.36. The van der Waals surface area contributed by atoms with E-state index in [1.807, 2.05) is 42.6 Å². The second kappa shape index (κ2) is 8.96. The number of nitrogens with zero attached hydrogens (tertiary/aromatic N) is 2. The summed E-state index contributed by atoms with van der Waals surface area (Å²) in [4.78, 5) is 34.4. The minimum atomic E-state index is -0.694. The number of nitrogens with one attached hydrogen (secondary N) is 3. The van der Waals surface area contributed by atoms with Gasteiger partial charge in [-0.15, -0.1) is 0 Å². The van der Waals surface area contributed by atoms with E-state index >= 15 is 0 Å². The maximum Gasteiger partial charge on any atom is 0.247 e. The zero-order valence-electron chi connectivity index (χ0n) is 16.9. The summed E-state index contributed by atoms with van der Waals surface area (Å²) in [7, 11) is 0. The van der Waals surface area contributed by atoms with E-state index in [9.17, 15) is 9.59 Å². The number of aromatic amines is 1. The Labute approximate surface area is 174 Å². The van der Waals surface area contributed by atoms with Crippen LogP contribution in [0.15, 0.2) is 48.8 Å². The number of anilines is 2. The van der Waals surface area contributed by atoms with Gasteiger partial charge in [0.2, 0.25) is 11.8 Å². The Morgan fingerprint density at radius 2 is 2.00 bits per heavy atom. The van der Waals surface area contributed by atoms with Gasteiger partial charge in [-0.3, -0.25) is 9.59 Å². The van der Waals surface area contributed by atoms with Crippen molar-refractivity contribution in [3.05, 3.63) is 54.4 Å². The topological polar surface area (TPSA) is 99.3 Å². The highest BCUT2D eigenvalue weighted by molar-refractivity contribution is 5.97. The Bertz CT molecular complexity index is 1020. The number of aromatic nitrogens is 2. The number of morpholine rings is 1. The second-order valence-electron chi connectivity index (χ2n) is 7.31. The summed E-state index contributed by atoms with van der Waals surface area (Å²) in [6, 6.07) is 10.9. The van der Waals surface area contributed by atoms with Crippen LogP contribution < -0.4 is 15.5 Å². The average Bonchev–Trinajstić information content (AvgIpc) is 3.17. The van der Waals surface area contributed by atoms with E-state index in [4.69, 9.17) is 4.74 Å². The van der Waals surface area contributed by atoms with E-state index in [1.165, 1.54) is 6.92 Å². The summed E-state index contributed by atoms with van der Waals surface area (Å²) in [5.74, 6) is 0.320. The molecule has 1 saturated heterocycles. The van der Waals surface area contributed by atoms with E-state index in [-0.39, 0.29) is 11.8 Å². The first-order valence-electron chi connectivity index (χ1n) is 10.0. The Morgan fingerprint density at radius 1 is 1.20 bits per heavy atom. The molecule has 0 saturated carbocycles. The van der Waals surface area contributed by atoms with Crippen LogP contribution in [0, 0.1) is 0 Å². The molecule has 156 valence electrons. The summed E-state index contributed by atoms with van der Waals surface area (Å²) in [6.45, 7) is 4.38. The van der Waals surface area contributed by atoms with Crippen LogP contribution in [0.4, 0.5) is 11.5 Å². The molecule has 3 aromatic rings. The number of H-pyrrole nitrogens is 1. The minimum absolute atomic E-state index is 0.254. The average molecular weight is 407 g/mol. The fourth-order valence-corrected chi connectivity index (χ4v) is 3.64. The lowest BCUT2D eigenvalue weighted by Crippen LogP contribution is -2.44. The Kier molecular flexibility index (Phi) is 5.94. The number of ether oxygens (including phenoxy) is 1. The first kappa shape index (κ1) is 19.9. The van der Waals surface area contributed by atoms with Gasteiger partial charge in [-0.25, -0.2) is 4.98 Å². The van der Waals surface area contributed by atoms with Gasteiger partial charge in [0.05, 0.1) is 25.1 Å². The number of benzene rings is 1. The van der Waals surface area contributed by atoms with Crippen LogP contribution in [0.2, 0.25) is 0 Å². The van der Waals surface area contributed by atoms with Crippen LogP contribution in [0.5, 0.6) is 0 Å². The molecule has 1 aromatic carbocycles. The van der Waals surface area contributed by atoms with Crippen LogP contribution in [-0.4, -0.2) is 54.1 Å². The normalized spacial score (nSPS) is 15.0. The molecule has 1 aliphatic rings. The molecule has 2 amide bonds. The molecule has 8 nitrogen and oxygen atoms in total. The van der Waals surface area contributed by atoms with Gasteiger partial charge in [0.1, 0.15) is 11.9 Å². The SMILES string of the molecule is CC(=O)N[C@H](Cc1c[nH]c2ccccc12)C(=O)Nc1ccc(N2CCOCC2)nc1. The van der Waals surface area contributed by atoms with E-state index in [2.05, 4.69) is 25.5 Å². The zero-order chi connectivity index (χ0) is 20.9. The standard InChI is InChI=1S/C22H25N5O3/c1-15(28)25-20(12-16-13-23-19-5-3-2-4-18(16)19)22(29)26-17-6-7-21(24-14-17)27-8-10-30-11-9-27/h2-7,13-14,20,23H,8-12H2,1H3,(H,25,28)(H,26,29)/t20-/m1/s1. The monoisotopic (exact) mass is 407 g/mol. The number of amides is 2. The summed E-state index contributed by atoms with van der Waals surface area (Å²) in [5, 5.41) is 6.67. The number of carbonyl (C=O) groups is 2. The van der Waals surface area contributed by atoms with E-state index in [0.717, 1.165) is 35.4 Å². The number of para-hydroxylation sites is 1. The molecule has 1 atom stereocenters. The van der Waals surface area contributed by atoms with Crippen LogP contribution in [-0.2, 0) is 20.7 Å². The molecule has 2 aromatic heterocycles. The molecule has 30 heavy (non-hydrogen) atoms. The predicted octanol–water partition coefficient (Wildman–Crippen LogP) is 2.09. The maximum atomic E-state index is 12.9. The van der Waals surface area contributed by atoms with Crippen molar-refractivity contribution in [3.63, 3.8) is 0 Å². The van der Waals surface area contributed by atoms with Crippen molar-refractivity contribution in [1.29, 1.82) is 0 Å². The van der Waals surface area contributed by atoms with Crippen molar-refractivity contribution < 1.29 is 14.3 Å². The third-order valence-electron chi connectivity index (χ3n) is 5.14. The molecule has 4 rings (SSSR count). The summed E-state index contributed by atoms with van der Waals surface area (Å²) in [6.07, 6.45) is 3.90. The van der Waals surface area contributed by atoms with Gasteiger partial charge in [0.25, 0.3) is 0 Å². The smallest absolute Gasteiger partial charge is 0.247 e. The zero-order valence-corrected chi connectivity index (χ0v) is 16.9. The van der Waals surface area contributed by atoms with Crippen molar-refractivity contribution in [2.24, 2.45) is 0 Å². The molecule has 0 radical (unpaired) electrons. The van der Waals surface area contributed by atoms with E-state index in [0.29, 0.717) is 25.3 Å². The molecule has 0 spiro atoms. The van der Waals surface area contributed by atoms with Gasteiger partial charge in [-0.1, -0.05) is 18.2 Å². The fourth-order valence-electron chi connectivity index (χ4n) is 3.64. The first-order chi connectivity index (χ1) is 14.6. The molecule has 0 aliphatic carbocycles.